The summed E-state index contributed by atoms with van der Waals surface area (Å²) in [5.41, 5.74) is 1.95. The summed E-state index contributed by atoms with van der Waals surface area (Å²) in [6.45, 7) is 3.93. The molecule has 3 nitrogen and oxygen atoms in total. The zero-order valence-corrected chi connectivity index (χ0v) is 9.13. The summed E-state index contributed by atoms with van der Waals surface area (Å²) in [5.74, 6) is -0.384. The highest BCUT2D eigenvalue weighted by atomic mass is 16.5. The highest BCUT2D eigenvalue weighted by Gasteiger charge is 2.33. The third-order valence-electron chi connectivity index (χ3n) is 2.54. The number of aromatic carboxylic acids is 1. The molecular weight excluding hydrogens is 191 g/mol. The summed E-state index contributed by atoms with van der Waals surface area (Å²) in [6, 6.07) is 3.65. The molecule has 2 rings (SSSR count). The molecule has 1 aromatic rings. The van der Waals surface area contributed by atoms with Crippen LogP contribution < -0.4 is 10.2 Å². The lowest BCUT2D eigenvalue weighted by atomic mass is 9.89. The molecule has 78 valence electrons. The number of rotatable bonds is 1. The number of carboxylic acids is 1. The van der Waals surface area contributed by atoms with Gasteiger partial charge in [-0.1, -0.05) is 17.6 Å². The quantitative estimate of drug-likeness (QED) is 0.671. The minimum atomic E-state index is -0.923. The molecule has 0 saturated carbocycles. The van der Waals surface area contributed by atoms with Gasteiger partial charge in [-0.05, 0) is 19.4 Å². The molecular formula is C11H13BO3. The van der Waals surface area contributed by atoms with Crippen LogP contribution in [0.2, 0.25) is 0 Å². The Hall–Kier alpha value is -1.45. The topological polar surface area (TPSA) is 46.5 Å². The Morgan fingerprint density at radius 1 is 1.53 bits per heavy atom. The van der Waals surface area contributed by atoms with Crippen molar-refractivity contribution in [1.29, 1.82) is 0 Å². The van der Waals surface area contributed by atoms with Gasteiger partial charge in [0.1, 0.15) is 24.8 Å². The van der Waals surface area contributed by atoms with E-state index in [2.05, 4.69) is 0 Å². The first-order valence-corrected chi connectivity index (χ1v) is 4.95. The third kappa shape index (κ3) is 1.72. The van der Waals surface area contributed by atoms with Crippen molar-refractivity contribution >= 4 is 19.3 Å². The molecule has 1 heterocycles. The SMILES string of the molecule is Bc1cc2c(c(C(=O)O)c1)OC(C)(C)C2. The minimum absolute atomic E-state index is 0.274. The van der Waals surface area contributed by atoms with Crippen LogP contribution in [0, 0.1) is 0 Å². The standard InChI is InChI=1S/C11H13BO3/c1-11(2)5-6-3-7(12)4-8(10(13)14)9(6)15-11/h3-4H,5,12H2,1-2H3,(H,13,14). The van der Waals surface area contributed by atoms with Crippen molar-refractivity contribution < 1.29 is 14.6 Å². The number of hydrogen-bond acceptors (Lipinski definition) is 2. The summed E-state index contributed by atoms with van der Waals surface area (Å²) < 4.78 is 5.66. The number of fused-ring (bicyclic) bond motifs is 1. The number of carbonyl (C=O) groups is 1. The average molecular weight is 204 g/mol. The van der Waals surface area contributed by atoms with Gasteiger partial charge in [-0.3, -0.25) is 0 Å². The Morgan fingerprint density at radius 3 is 2.80 bits per heavy atom. The van der Waals surface area contributed by atoms with Gasteiger partial charge in [0.05, 0.1) is 0 Å². The van der Waals surface area contributed by atoms with Crippen LogP contribution in [-0.4, -0.2) is 24.5 Å². The molecule has 15 heavy (non-hydrogen) atoms. The molecule has 0 bridgehead atoms. The van der Waals surface area contributed by atoms with E-state index in [1.54, 1.807) is 6.07 Å². The molecule has 0 radical (unpaired) electrons. The van der Waals surface area contributed by atoms with Gasteiger partial charge in [0.15, 0.2) is 0 Å². The van der Waals surface area contributed by atoms with Gasteiger partial charge in [-0.15, -0.1) is 0 Å². The Balaban J connectivity index is 2.58. The van der Waals surface area contributed by atoms with Gasteiger partial charge >= 0.3 is 5.97 Å². The first-order valence-electron chi connectivity index (χ1n) is 4.95. The Morgan fingerprint density at radius 2 is 2.20 bits per heavy atom. The second-order valence-electron chi connectivity index (χ2n) is 4.64. The van der Waals surface area contributed by atoms with Crippen LogP contribution in [0.4, 0.5) is 0 Å². The monoisotopic (exact) mass is 204 g/mol. The maximum atomic E-state index is 11.0. The number of carboxylic acid groups (broad SMARTS) is 1. The minimum Gasteiger partial charge on any atom is -0.486 e. The van der Waals surface area contributed by atoms with E-state index in [-0.39, 0.29) is 11.2 Å². The lowest BCUT2D eigenvalue weighted by molar-refractivity contribution is 0.0685. The van der Waals surface area contributed by atoms with Crippen molar-refractivity contribution in [3.05, 3.63) is 23.3 Å². The first-order chi connectivity index (χ1) is 6.89. The zero-order chi connectivity index (χ0) is 11.2. The molecule has 1 N–H and O–H groups in total. The van der Waals surface area contributed by atoms with Crippen LogP contribution in [0.15, 0.2) is 12.1 Å². The molecule has 1 aromatic carbocycles. The van der Waals surface area contributed by atoms with Crippen molar-refractivity contribution in [2.75, 3.05) is 0 Å². The lowest BCUT2D eigenvalue weighted by Crippen LogP contribution is -2.25. The zero-order valence-electron chi connectivity index (χ0n) is 9.13. The smallest absolute Gasteiger partial charge is 0.339 e. The maximum Gasteiger partial charge on any atom is 0.339 e. The molecule has 0 aromatic heterocycles. The second kappa shape index (κ2) is 3.02. The summed E-state index contributed by atoms with van der Waals surface area (Å²) in [4.78, 5) is 11.0. The summed E-state index contributed by atoms with van der Waals surface area (Å²) >= 11 is 0. The van der Waals surface area contributed by atoms with Crippen LogP contribution in [0.25, 0.3) is 0 Å². The molecule has 1 aliphatic heterocycles. The molecule has 0 atom stereocenters. The Labute approximate surface area is 89.5 Å². The predicted octanol–water partition coefficient (Wildman–Crippen LogP) is 0.357. The largest absolute Gasteiger partial charge is 0.486 e. The number of hydrogen-bond donors (Lipinski definition) is 1. The molecule has 0 amide bonds. The fourth-order valence-electron chi connectivity index (χ4n) is 2.03. The van der Waals surface area contributed by atoms with E-state index in [0.29, 0.717) is 5.75 Å². The molecule has 0 spiro atoms. The van der Waals surface area contributed by atoms with E-state index < -0.39 is 5.97 Å². The number of ether oxygens (including phenoxy) is 1. The summed E-state index contributed by atoms with van der Waals surface area (Å²) in [5, 5.41) is 9.06. The van der Waals surface area contributed by atoms with Crippen molar-refractivity contribution in [3.63, 3.8) is 0 Å². The van der Waals surface area contributed by atoms with Crippen molar-refractivity contribution in [3.8, 4) is 5.75 Å². The Bertz CT molecular complexity index is 438. The number of benzene rings is 1. The second-order valence-corrected chi connectivity index (χ2v) is 4.64. The molecule has 1 aliphatic rings. The van der Waals surface area contributed by atoms with Gasteiger partial charge < -0.3 is 9.84 Å². The van der Waals surface area contributed by atoms with Crippen LogP contribution >= 0.6 is 0 Å². The van der Waals surface area contributed by atoms with Gasteiger partial charge in [0.25, 0.3) is 0 Å². The fourth-order valence-corrected chi connectivity index (χ4v) is 2.03. The van der Waals surface area contributed by atoms with E-state index in [1.807, 2.05) is 27.8 Å². The van der Waals surface area contributed by atoms with E-state index >= 15 is 0 Å². The van der Waals surface area contributed by atoms with Crippen molar-refractivity contribution in [1.82, 2.24) is 0 Å². The van der Waals surface area contributed by atoms with Crippen molar-refractivity contribution in [2.24, 2.45) is 0 Å². The lowest BCUT2D eigenvalue weighted by Gasteiger charge is -2.17. The van der Waals surface area contributed by atoms with E-state index in [4.69, 9.17) is 9.84 Å². The predicted molar refractivity (Wildman–Crippen MR) is 60.0 cm³/mol. The van der Waals surface area contributed by atoms with Crippen LogP contribution in [0.3, 0.4) is 0 Å². The molecule has 0 fully saturated rings. The van der Waals surface area contributed by atoms with Crippen LogP contribution in [0.5, 0.6) is 5.75 Å². The van der Waals surface area contributed by atoms with Gasteiger partial charge in [0, 0.05) is 6.42 Å². The molecule has 0 unspecified atom stereocenters. The van der Waals surface area contributed by atoms with Crippen LogP contribution in [-0.2, 0) is 6.42 Å². The molecule has 0 aliphatic carbocycles. The van der Waals surface area contributed by atoms with E-state index in [1.165, 1.54) is 0 Å². The first kappa shape index (κ1) is 10.1. The third-order valence-corrected chi connectivity index (χ3v) is 2.54. The highest BCUT2D eigenvalue weighted by Crippen LogP contribution is 2.36. The Kier molecular flexibility index (Phi) is 2.03. The fraction of sp³-hybridized carbons (Fsp3) is 0.364. The van der Waals surface area contributed by atoms with Crippen LogP contribution in [0.1, 0.15) is 29.8 Å². The highest BCUT2D eigenvalue weighted by molar-refractivity contribution is 6.33. The van der Waals surface area contributed by atoms with E-state index in [9.17, 15) is 4.79 Å². The molecule has 4 heteroatoms. The average Bonchev–Trinajstić information content (AvgIpc) is 2.36. The van der Waals surface area contributed by atoms with E-state index in [0.717, 1.165) is 17.4 Å². The summed E-state index contributed by atoms with van der Waals surface area (Å²) in [6.07, 6.45) is 0.768. The van der Waals surface area contributed by atoms with Gasteiger partial charge in [-0.25, -0.2) is 4.79 Å². The van der Waals surface area contributed by atoms with Gasteiger partial charge in [0.2, 0.25) is 0 Å². The van der Waals surface area contributed by atoms with Gasteiger partial charge in [-0.2, -0.15) is 0 Å². The maximum absolute atomic E-state index is 11.0. The summed E-state index contributed by atoms with van der Waals surface area (Å²) in [7, 11) is 1.90. The molecule has 0 saturated heterocycles. The van der Waals surface area contributed by atoms with Crippen molar-refractivity contribution in [2.45, 2.75) is 25.9 Å². The normalized spacial score (nSPS) is 16.9.